The van der Waals surface area contributed by atoms with Gasteiger partial charge in [-0.15, -0.1) is 0 Å². The van der Waals surface area contributed by atoms with Gasteiger partial charge in [-0.1, -0.05) is 25.1 Å². The molecule has 3 rings (SSSR count). The van der Waals surface area contributed by atoms with Crippen LogP contribution in [-0.2, 0) is 14.8 Å². The summed E-state index contributed by atoms with van der Waals surface area (Å²) in [6.07, 6.45) is 6.08. The normalized spacial score (nSPS) is 12.8. The van der Waals surface area contributed by atoms with Crippen molar-refractivity contribution in [3.05, 3.63) is 60.3 Å². The second kappa shape index (κ2) is 10.4. The fourth-order valence-corrected chi connectivity index (χ4v) is 3.91. The third kappa shape index (κ3) is 5.82. The van der Waals surface area contributed by atoms with Crippen molar-refractivity contribution in [1.29, 1.82) is 0 Å². The van der Waals surface area contributed by atoms with Crippen molar-refractivity contribution in [3.8, 4) is 17.1 Å². The smallest absolute Gasteiger partial charge is 0.249 e. The number of nitrogens with one attached hydrogen (secondary N) is 2. The summed E-state index contributed by atoms with van der Waals surface area (Å²) in [6, 6.07) is 7.61. The number of carbonyl (C=O) groups is 1. The minimum atomic E-state index is -3.73. The van der Waals surface area contributed by atoms with Gasteiger partial charge in [-0.2, -0.15) is 4.98 Å². The van der Waals surface area contributed by atoms with Crippen molar-refractivity contribution in [3.63, 3.8) is 0 Å². The Morgan fingerprint density at radius 3 is 2.55 bits per heavy atom. The van der Waals surface area contributed by atoms with Gasteiger partial charge in [-0.25, -0.2) is 13.1 Å². The Morgan fingerprint density at radius 1 is 1.18 bits per heavy atom. The first-order chi connectivity index (χ1) is 15.7. The predicted octanol–water partition coefficient (Wildman–Crippen LogP) is 2.58. The zero-order chi connectivity index (χ0) is 24.0. The lowest BCUT2D eigenvalue weighted by molar-refractivity contribution is -0.117. The molecule has 0 bridgehead atoms. The molecule has 0 aliphatic heterocycles. The molecule has 2 heterocycles. The number of pyridine rings is 1. The summed E-state index contributed by atoms with van der Waals surface area (Å²) in [7, 11) is -1.03. The van der Waals surface area contributed by atoms with Crippen molar-refractivity contribution < 1.29 is 22.5 Å². The lowest BCUT2D eigenvalue weighted by Crippen LogP contribution is -2.30. The molecule has 0 aliphatic rings. The van der Waals surface area contributed by atoms with Crippen LogP contribution in [0.15, 0.2) is 58.2 Å². The molecule has 33 heavy (non-hydrogen) atoms. The van der Waals surface area contributed by atoms with Gasteiger partial charge in [0.15, 0.2) is 0 Å². The van der Waals surface area contributed by atoms with Crippen LogP contribution in [0.1, 0.15) is 31.3 Å². The van der Waals surface area contributed by atoms with Crippen LogP contribution < -0.4 is 14.8 Å². The molecule has 0 saturated carbocycles. The Labute approximate surface area is 192 Å². The Kier molecular flexibility index (Phi) is 7.56. The highest BCUT2D eigenvalue weighted by molar-refractivity contribution is 7.89. The van der Waals surface area contributed by atoms with Crippen LogP contribution in [0.25, 0.3) is 17.5 Å². The molecule has 0 spiro atoms. The van der Waals surface area contributed by atoms with E-state index in [1.54, 1.807) is 30.6 Å². The van der Waals surface area contributed by atoms with E-state index < -0.39 is 22.0 Å². The minimum Gasteiger partial charge on any atom is -0.495 e. The van der Waals surface area contributed by atoms with E-state index in [1.807, 2.05) is 13.8 Å². The molecule has 2 N–H and O–H groups in total. The summed E-state index contributed by atoms with van der Waals surface area (Å²) in [5.41, 5.74) is 1.26. The first kappa shape index (κ1) is 24.1. The lowest BCUT2D eigenvalue weighted by Gasteiger charge is -2.17. The second-order valence-electron chi connectivity index (χ2n) is 7.37. The maximum atomic E-state index is 12.6. The number of hydrogen-bond donors (Lipinski definition) is 2. The number of sulfonamides is 1. The third-order valence-corrected chi connectivity index (χ3v) is 6.22. The van der Waals surface area contributed by atoms with Crippen LogP contribution in [-0.4, -0.2) is 43.6 Å². The first-order valence-corrected chi connectivity index (χ1v) is 11.6. The molecule has 0 saturated heterocycles. The zero-order valence-corrected chi connectivity index (χ0v) is 19.5. The maximum absolute atomic E-state index is 12.6. The Balaban J connectivity index is 1.77. The van der Waals surface area contributed by atoms with Gasteiger partial charge >= 0.3 is 0 Å². The number of amides is 1. The number of carbonyl (C=O) groups excluding carboxylic acids is 1. The molecule has 0 fully saturated rings. The van der Waals surface area contributed by atoms with Gasteiger partial charge in [0.1, 0.15) is 16.7 Å². The highest BCUT2D eigenvalue weighted by Gasteiger charge is 2.24. The summed E-state index contributed by atoms with van der Waals surface area (Å²) in [4.78, 5) is 20.9. The average Bonchev–Trinajstić information content (AvgIpc) is 3.31. The Hall–Kier alpha value is -3.57. The molecular formula is C22H25N5O5S. The molecule has 11 heteroatoms. The number of benzene rings is 1. The molecule has 1 atom stereocenters. The van der Waals surface area contributed by atoms with E-state index >= 15 is 0 Å². The first-order valence-electron chi connectivity index (χ1n) is 10.1. The minimum absolute atomic E-state index is 0.0235. The van der Waals surface area contributed by atoms with E-state index in [2.05, 4.69) is 25.2 Å². The molecule has 0 aliphatic carbocycles. The molecule has 0 radical (unpaired) electrons. The molecule has 1 unspecified atom stereocenters. The van der Waals surface area contributed by atoms with Crippen LogP contribution in [0.2, 0.25) is 0 Å². The van der Waals surface area contributed by atoms with Gasteiger partial charge in [-0.05, 0) is 48.9 Å². The molecule has 3 aromatic rings. The van der Waals surface area contributed by atoms with Gasteiger partial charge < -0.3 is 14.6 Å². The maximum Gasteiger partial charge on any atom is 0.249 e. The monoisotopic (exact) mass is 471 g/mol. The van der Waals surface area contributed by atoms with Crippen molar-refractivity contribution in [2.75, 3.05) is 14.2 Å². The van der Waals surface area contributed by atoms with Crippen molar-refractivity contribution in [1.82, 2.24) is 25.2 Å². The topological polar surface area (TPSA) is 136 Å². The molecule has 174 valence electrons. The lowest BCUT2D eigenvalue weighted by atomic mass is 10.0. The summed E-state index contributed by atoms with van der Waals surface area (Å²) in [5.74, 6) is 0.463. The summed E-state index contributed by atoms with van der Waals surface area (Å²) in [6.45, 7) is 3.84. The van der Waals surface area contributed by atoms with Crippen LogP contribution in [0.4, 0.5) is 0 Å². The predicted molar refractivity (Wildman–Crippen MR) is 122 cm³/mol. The van der Waals surface area contributed by atoms with Gasteiger partial charge in [0.05, 0.1) is 7.11 Å². The highest BCUT2D eigenvalue weighted by atomic mass is 32.2. The van der Waals surface area contributed by atoms with Gasteiger partial charge in [0.25, 0.3) is 0 Å². The number of hydrogen-bond acceptors (Lipinski definition) is 8. The van der Waals surface area contributed by atoms with Gasteiger partial charge in [-0.3, -0.25) is 9.78 Å². The summed E-state index contributed by atoms with van der Waals surface area (Å²) < 4.78 is 37.2. The number of aromatic nitrogens is 3. The van der Waals surface area contributed by atoms with E-state index in [9.17, 15) is 13.2 Å². The van der Waals surface area contributed by atoms with Crippen LogP contribution in [0.3, 0.4) is 0 Å². The fourth-order valence-electron chi connectivity index (χ4n) is 2.98. The van der Waals surface area contributed by atoms with Crippen LogP contribution in [0.5, 0.6) is 5.75 Å². The molecular weight excluding hydrogens is 446 g/mol. The zero-order valence-electron chi connectivity index (χ0n) is 18.6. The highest BCUT2D eigenvalue weighted by Crippen LogP contribution is 2.26. The number of ether oxygens (including phenoxy) is 1. The molecule has 2 aromatic heterocycles. The SMILES string of the molecule is CNS(=O)(=O)c1cc(/C=C/C(=O)NC(c2nc(-c3ccncc3)no2)C(C)C)ccc1OC. The van der Waals surface area contributed by atoms with Gasteiger partial charge in [0.2, 0.25) is 27.6 Å². The fraction of sp³-hybridized carbons (Fsp3) is 0.273. The third-order valence-electron chi connectivity index (χ3n) is 4.78. The largest absolute Gasteiger partial charge is 0.495 e. The van der Waals surface area contributed by atoms with Gasteiger partial charge in [0, 0.05) is 24.0 Å². The number of rotatable bonds is 9. The van der Waals surface area contributed by atoms with Crippen molar-refractivity contribution in [2.45, 2.75) is 24.8 Å². The Morgan fingerprint density at radius 2 is 1.91 bits per heavy atom. The number of nitrogens with zero attached hydrogens (tertiary/aromatic N) is 3. The molecule has 10 nitrogen and oxygen atoms in total. The van der Waals surface area contributed by atoms with E-state index in [4.69, 9.17) is 9.26 Å². The second-order valence-corrected chi connectivity index (χ2v) is 9.23. The van der Waals surface area contributed by atoms with Crippen LogP contribution in [0, 0.1) is 5.92 Å². The summed E-state index contributed by atoms with van der Waals surface area (Å²) >= 11 is 0. The van der Waals surface area contributed by atoms with Crippen LogP contribution >= 0.6 is 0 Å². The average molecular weight is 472 g/mol. The van der Waals surface area contributed by atoms with Crippen molar-refractivity contribution in [2.24, 2.45) is 5.92 Å². The van der Waals surface area contributed by atoms with E-state index in [1.165, 1.54) is 38.4 Å². The quantitative estimate of drug-likeness (QED) is 0.455. The van der Waals surface area contributed by atoms with Crippen molar-refractivity contribution >= 4 is 22.0 Å². The number of methoxy groups -OCH3 is 1. The molecule has 1 aromatic carbocycles. The summed E-state index contributed by atoms with van der Waals surface area (Å²) in [5, 5.41) is 6.85. The van der Waals surface area contributed by atoms with E-state index in [0.29, 0.717) is 11.4 Å². The van der Waals surface area contributed by atoms with E-state index in [-0.39, 0.29) is 22.5 Å². The Bertz CT molecular complexity index is 1240. The van der Waals surface area contributed by atoms with E-state index in [0.717, 1.165) is 5.56 Å². The standard InChI is InChI=1S/C22H25N5O5S/c1-14(2)20(22-26-21(27-32-22)16-9-11-24-12-10-16)25-19(28)8-6-15-5-7-17(31-4)18(13-15)33(29,30)23-3/h5-14,20,23H,1-4H3,(H,25,28)/b8-6+. The molecule has 1 amide bonds.